The highest BCUT2D eigenvalue weighted by atomic mass is 32.2. The van der Waals surface area contributed by atoms with Crippen molar-refractivity contribution in [3.63, 3.8) is 0 Å². The number of carbonyl (C=O) groups excluding carboxylic acids is 1. The van der Waals surface area contributed by atoms with Crippen LogP contribution in [0.4, 0.5) is 0 Å². The minimum Gasteiger partial charge on any atom is -0.459 e. The van der Waals surface area contributed by atoms with Gasteiger partial charge in [-0.05, 0) is 0 Å². The van der Waals surface area contributed by atoms with Crippen molar-refractivity contribution in [2.75, 3.05) is 40.0 Å². The smallest absolute Gasteiger partial charge is 0.324 e. The van der Waals surface area contributed by atoms with Crippen molar-refractivity contribution in [3.8, 4) is 0 Å². The fraction of sp³-hybridized carbons (Fsp3) is 0.875. The number of likely N-dealkylation sites (N-methyl/N-ethyl adjacent to an activating group) is 1. The first-order valence-electron chi connectivity index (χ1n) is 4.69. The van der Waals surface area contributed by atoms with Gasteiger partial charge in [-0.25, -0.2) is 0 Å². The van der Waals surface area contributed by atoms with Crippen molar-refractivity contribution in [1.29, 1.82) is 0 Å². The minimum atomic E-state index is -4.25. The highest BCUT2D eigenvalue weighted by Crippen LogP contribution is 1.94. The molecule has 0 heterocycles. The number of rotatable bonds is 6. The van der Waals surface area contributed by atoms with Crippen molar-refractivity contribution in [2.45, 2.75) is 6.04 Å². The summed E-state index contributed by atoms with van der Waals surface area (Å²) in [5.41, 5.74) is 5.23. The van der Waals surface area contributed by atoms with E-state index in [9.17, 15) is 13.2 Å². The van der Waals surface area contributed by atoms with Gasteiger partial charge in [-0.3, -0.25) is 9.35 Å². The van der Waals surface area contributed by atoms with E-state index in [1.807, 2.05) is 21.1 Å². The number of nitrogens with two attached hydrogens (primary N) is 1. The topological polar surface area (TPSA) is 107 Å². The molecule has 0 aromatic rings. The standard InChI is InChI=1S/C8H18N2O5S/c1-10(2,3)4-5-15-8(11)7(9)6-16(12,13)14/h7H,4-6,9H2,1-3H3/p+1/t7-/m1/s1. The Bertz CT molecular complexity index is 333. The van der Waals surface area contributed by atoms with Gasteiger partial charge in [0.15, 0.2) is 0 Å². The molecule has 0 aliphatic rings. The molecule has 0 fully saturated rings. The quantitative estimate of drug-likeness (QED) is 0.338. The summed E-state index contributed by atoms with van der Waals surface area (Å²) >= 11 is 0. The number of hydrogen-bond acceptors (Lipinski definition) is 5. The van der Waals surface area contributed by atoms with Crippen LogP contribution in [0.25, 0.3) is 0 Å². The van der Waals surface area contributed by atoms with Crippen LogP contribution in [0.5, 0.6) is 0 Å². The predicted octanol–water partition coefficient (Wildman–Crippen LogP) is -1.55. The molecule has 16 heavy (non-hydrogen) atoms. The maximum absolute atomic E-state index is 11.2. The zero-order valence-corrected chi connectivity index (χ0v) is 10.5. The Morgan fingerprint density at radius 3 is 2.31 bits per heavy atom. The van der Waals surface area contributed by atoms with Crippen LogP contribution in [-0.2, 0) is 19.6 Å². The van der Waals surface area contributed by atoms with Crippen LogP contribution in [-0.4, -0.2) is 69.5 Å². The van der Waals surface area contributed by atoms with Crippen molar-refractivity contribution < 1.29 is 27.0 Å². The second-order valence-electron chi connectivity index (χ2n) is 4.54. The Hall–Kier alpha value is -0.700. The molecule has 3 N–H and O–H groups in total. The molecule has 0 aliphatic heterocycles. The molecule has 0 rings (SSSR count). The molecule has 8 heteroatoms. The van der Waals surface area contributed by atoms with Crippen LogP contribution >= 0.6 is 0 Å². The molecule has 0 spiro atoms. The molecule has 0 saturated carbocycles. The molecule has 0 aliphatic carbocycles. The maximum atomic E-state index is 11.2. The zero-order valence-electron chi connectivity index (χ0n) is 9.71. The first-order chi connectivity index (χ1) is 7.01. The van der Waals surface area contributed by atoms with E-state index in [-0.39, 0.29) is 6.61 Å². The number of esters is 1. The lowest BCUT2D eigenvalue weighted by Gasteiger charge is -2.23. The van der Waals surface area contributed by atoms with E-state index in [4.69, 9.17) is 15.0 Å². The van der Waals surface area contributed by atoms with Gasteiger partial charge >= 0.3 is 5.97 Å². The average Bonchev–Trinajstić information content (AvgIpc) is 1.98. The third-order valence-corrected chi connectivity index (χ3v) is 2.48. The monoisotopic (exact) mass is 255 g/mol. The second kappa shape index (κ2) is 5.58. The molecular formula is C8H19N2O5S+. The molecule has 7 nitrogen and oxygen atoms in total. The second-order valence-corrected chi connectivity index (χ2v) is 6.03. The fourth-order valence-electron chi connectivity index (χ4n) is 0.822. The van der Waals surface area contributed by atoms with E-state index >= 15 is 0 Å². The van der Waals surface area contributed by atoms with Crippen LogP contribution in [0.2, 0.25) is 0 Å². The van der Waals surface area contributed by atoms with Crippen LogP contribution in [0.15, 0.2) is 0 Å². The number of quaternary nitrogens is 1. The third kappa shape index (κ3) is 8.60. The highest BCUT2D eigenvalue weighted by molar-refractivity contribution is 7.85. The van der Waals surface area contributed by atoms with Gasteiger partial charge in [-0.15, -0.1) is 0 Å². The fourth-order valence-corrected chi connectivity index (χ4v) is 1.41. The molecule has 1 atom stereocenters. The lowest BCUT2D eigenvalue weighted by atomic mass is 10.4. The van der Waals surface area contributed by atoms with Crippen LogP contribution in [0.3, 0.4) is 0 Å². The number of hydrogen-bond donors (Lipinski definition) is 2. The summed E-state index contributed by atoms with van der Waals surface area (Å²) in [4.78, 5) is 11.2. The zero-order chi connectivity index (χ0) is 13.0. The van der Waals surface area contributed by atoms with E-state index in [0.29, 0.717) is 11.0 Å². The van der Waals surface area contributed by atoms with Crippen LogP contribution < -0.4 is 5.73 Å². The number of nitrogens with zero attached hydrogens (tertiary/aromatic N) is 1. The summed E-state index contributed by atoms with van der Waals surface area (Å²) in [6.07, 6.45) is 0. The molecule has 0 unspecified atom stereocenters. The third-order valence-electron chi connectivity index (χ3n) is 1.70. The maximum Gasteiger partial charge on any atom is 0.324 e. The van der Waals surface area contributed by atoms with E-state index in [1.54, 1.807) is 0 Å². The predicted molar refractivity (Wildman–Crippen MR) is 58.2 cm³/mol. The van der Waals surface area contributed by atoms with Gasteiger partial charge in [0.25, 0.3) is 10.1 Å². The van der Waals surface area contributed by atoms with Gasteiger partial charge in [0, 0.05) is 0 Å². The average molecular weight is 255 g/mol. The number of ether oxygens (including phenoxy) is 1. The van der Waals surface area contributed by atoms with E-state index in [2.05, 4.69) is 0 Å². The van der Waals surface area contributed by atoms with Gasteiger partial charge in [0.05, 0.1) is 21.1 Å². The molecule has 0 radical (unpaired) electrons. The van der Waals surface area contributed by atoms with Gasteiger partial charge < -0.3 is 15.0 Å². The minimum absolute atomic E-state index is 0.154. The SMILES string of the molecule is C[N+](C)(C)CCOC(=O)[C@H](N)CS(=O)(=O)O. The van der Waals surface area contributed by atoms with E-state index in [1.165, 1.54) is 0 Å². The molecule has 96 valence electrons. The Morgan fingerprint density at radius 2 is 1.94 bits per heavy atom. The van der Waals surface area contributed by atoms with Crippen molar-refractivity contribution >= 4 is 16.1 Å². The number of carbonyl (C=O) groups is 1. The van der Waals surface area contributed by atoms with Gasteiger partial charge in [-0.1, -0.05) is 0 Å². The Kier molecular flexibility index (Phi) is 5.33. The van der Waals surface area contributed by atoms with E-state index < -0.39 is 27.9 Å². The van der Waals surface area contributed by atoms with Crippen LogP contribution in [0, 0.1) is 0 Å². The summed E-state index contributed by atoms with van der Waals surface area (Å²) in [5, 5.41) is 0. The summed E-state index contributed by atoms with van der Waals surface area (Å²) in [6, 6.07) is -1.34. The molecule has 0 aromatic carbocycles. The van der Waals surface area contributed by atoms with Gasteiger partial charge in [-0.2, -0.15) is 8.42 Å². The van der Waals surface area contributed by atoms with Gasteiger partial charge in [0.2, 0.25) is 0 Å². The summed E-state index contributed by atoms with van der Waals surface area (Å²) in [6.45, 7) is 0.742. The first kappa shape index (κ1) is 15.3. The summed E-state index contributed by atoms with van der Waals surface area (Å²) < 4.78 is 34.7. The van der Waals surface area contributed by atoms with Crippen molar-refractivity contribution in [3.05, 3.63) is 0 Å². The van der Waals surface area contributed by atoms with E-state index in [0.717, 1.165) is 0 Å². The Labute approximate surface area is 95.5 Å². The molecule has 0 aromatic heterocycles. The normalized spacial score (nSPS) is 14.6. The first-order valence-corrected chi connectivity index (χ1v) is 6.30. The summed E-state index contributed by atoms with van der Waals surface area (Å²) in [7, 11) is 1.52. The molecule has 0 bridgehead atoms. The van der Waals surface area contributed by atoms with Crippen LogP contribution in [0.1, 0.15) is 0 Å². The Morgan fingerprint density at radius 1 is 1.44 bits per heavy atom. The highest BCUT2D eigenvalue weighted by Gasteiger charge is 2.22. The molecule has 0 amide bonds. The van der Waals surface area contributed by atoms with Crippen molar-refractivity contribution in [1.82, 2.24) is 0 Å². The molecular weight excluding hydrogens is 236 g/mol. The lowest BCUT2D eigenvalue weighted by molar-refractivity contribution is -0.870. The van der Waals surface area contributed by atoms with Crippen molar-refractivity contribution in [2.24, 2.45) is 5.73 Å². The summed E-state index contributed by atoms with van der Waals surface area (Å²) in [5.74, 6) is -1.65. The van der Waals surface area contributed by atoms with Gasteiger partial charge in [0.1, 0.15) is 24.9 Å². The Balaban J connectivity index is 3.99. The molecule has 0 saturated heterocycles. The lowest BCUT2D eigenvalue weighted by Crippen LogP contribution is -2.42. The largest absolute Gasteiger partial charge is 0.459 e.